The second kappa shape index (κ2) is 10.9. The summed E-state index contributed by atoms with van der Waals surface area (Å²) in [6, 6.07) is 12.2. The van der Waals surface area contributed by atoms with Gasteiger partial charge in [0.1, 0.15) is 10.6 Å². The number of fused-ring (bicyclic) bond motifs is 1. The zero-order valence-corrected chi connectivity index (χ0v) is 24.9. The lowest BCUT2D eigenvalue weighted by atomic mass is 9.83. The van der Waals surface area contributed by atoms with Crippen LogP contribution in [0.2, 0.25) is 5.02 Å². The van der Waals surface area contributed by atoms with E-state index in [1.165, 1.54) is 19.4 Å². The number of hydrogen-bond donors (Lipinski definition) is 4. The van der Waals surface area contributed by atoms with Crippen LogP contribution in [0.1, 0.15) is 68.7 Å². The molecule has 2 aliphatic heterocycles. The Bertz CT molecular complexity index is 1490. The molecule has 2 aliphatic rings. The second-order valence-electron chi connectivity index (χ2n) is 12.0. The normalized spacial score (nSPS) is 16.8. The number of anilines is 4. The first-order valence-electron chi connectivity index (χ1n) is 13.9. The topological polar surface area (TPSA) is 119 Å². The molecule has 41 heavy (non-hydrogen) atoms. The van der Waals surface area contributed by atoms with Crippen molar-refractivity contribution in [1.82, 2.24) is 14.9 Å². The summed E-state index contributed by atoms with van der Waals surface area (Å²) in [7, 11) is 0. The van der Waals surface area contributed by atoms with Crippen molar-refractivity contribution in [3.8, 4) is 0 Å². The molecule has 10 heteroatoms. The molecule has 0 aliphatic carbocycles. The number of benzene rings is 2. The van der Waals surface area contributed by atoms with Crippen LogP contribution in [-0.4, -0.2) is 50.5 Å². The van der Waals surface area contributed by atoms with Gasteiger partial charge in [-0.3, -0.25) is 9.59 Å². The number of carbonyl (C=O) groups is 2. The van der Waals surface area contributed by atoms with Crippen molar-refractivity contribution in [3.05, 3.63) is 69.9 Å². The summed E-state index contributed by atoms with van der Waals surface area (Å²) in [6.07, 6.45) is 3.28. The molecule has 5 rings (SSSR count). The summed E-state index contributed by atoms with van der Waals surface area (Å²) in [5.74, 6) is 1.04. The average molecular weight is 577 g/mol. The molecule has 2 aromatic carbocycles. The fourth-order valence-corrected chi connectivity index (χ4v) is 5.87. The largest absolute Gasteiger partial charge is 0.381 e. The van der Waals surface area contributed by atoms with Crippen LogP contribution in [0.25, 0.3) is 0 Å². The van der Waals surface area contributed by atoms with Crippen molar-refractivity contribution >= 4 is 46.6 Å². The first-order chi connectivity index (χ1) is 19.3. The summed E-state index contributed by atoms with van der Waals surface area (Å²) >= 11 is 6.43. The highest BCUT2D eigenvalue weighted by atomic mass is 35.5. The molecule has 3 aromatic rings. The smallest absolute Gasteiger partial charge is 0.253 e. The van der Waals surface area contributed by atoms with Gasteiger partial charge in [0.15, 0.2) is 5.82 Å². The summed E-state index contributed by atoms with van der Waals surface area (Å²) in [6.45, 7) is 10.7. The molecule has 0 saturated carbocycles. The molecule has 0 spiro atoms. The lowest BCUT2D eigenvalue weighted by Crippen LogP contribution is -2.48. The Morgan fingerprint density at radius 1 is 1.22 bits per heavy atom. The van der Waals surface area contributed by atoms with E-state index in [0.717, 1.165) is 40.9 Å². The number of likely N-dealkylation sites (tertiary alicyclic amines) is 1. The Balaban J connectivity index is 1.25. The first-order valence-corrected chi connectivity index (χ1v) is 14.3. The molecule has 0 bridgehead atoms. The predicted molar refractivity (Wildman–Crippen MR) is 162 cm³/mol. The van der Waals surface area contributed by atoms with Crippen molar-refractivity contribution in [2.75, 3.05) is 29.0 Å². The monoisotopic (exact) mass is 576 g/mol. The van der Waals surface area contributed by atoms with E-state index in [1.807, 2.05) is 45.0 Å². The zero-order chi connectivity index (χ0) is 29.5. The van der Waals surface area contributed by atoms with E-state index in [-0.39, 0.29) is 11.8 Å². The number of aliphatic hydroxyl groups is 1. The van der Waals surface area contributed by atoms with E-state index in [2.05, 4.69) is 38.1 Å². The van der Waals surface area contributed by atoms with Crippen LogP contribution in [0, 0.1) is 6.92 Å². The van der Waals surface area contributed by atoms with Gasteiger partial charge in [-0.15, -0.1) is 0 Å². The number of carbonyl (C=O) groups excluding carboxylic acids is 2. The maximum Gasteiger partial charge on any atom is 0.253 e. The number of halogens is 1. The lowest BCUT2D eigenvalue weighted by Gasteiger charge is -2.35. The summed E-state index contributed by atoms with van der Waals surface area (Å²) in [5.41, 5.74) is 4.03. The quantitative estimate of drug-likeness (QED) is 0.293. The number of aromatic nitrogens is 2. The Labute approximate surface area is 245 Å². The Morgan fingerprint density at radius 3 is 2.63 bits per heavy atom. The maximum absolute atomic E-state index is 12.5. The van der Waals surface area contributed by atoms with Gasteiger partial charge in [0.25, 0.3) is 5.91 Å². The second-order valence-corrected chi connectivity index (χ2v) is 12.4. The highest BCUT2D eigenvalue weighted by Crippen LogP contribution is 2.40. The Hall–Kier alpha value is -3.69. The minimum Gasteiger partial charge on any atom is -0.381 e. The van der Waals surface area contributed by atoms with Gasteiger partial charge in [-0.25, -0.2) is 4.98 Å². The van der Waals surface area contributed by atoms with Gasteiger partial charge in [-0.05, 0) is 87.8 Å². The highest BCUT2D eigenvalue weighted by molar-refractivity contribution is 6.32. The number of piperidine rings is 1. The number of rotatable bonds is 7. The molecular formula is C31H37ClN6O3. The van der Waals surface area contributed by atoms with E-state index >= 15 is 0 Å². The number of amides is 2. The standard InChI is InChI=1S/C31H37ClN6O3/c1-18-15-20(19-11-13-38(14-12-19)28(40)31(4,5)41)9-10-23(18)36-29-34-17-22(32)26(37-29)33-16-21-7-6-8-24-25(21)30(2,3)27(39)35-24/h6-10,15,17,19,41H,11-14,16H2,1-5H3,(H,35,39)(H2,33,34,36,37). The van der Waals surface area contributed by atoms with Crippen LogP contribution >= 0.6 is 11.6 Å². The minimum atomic E-state index is -1.34. The molecule has 0 atom stereocenters. The fraction of sp³-hybridized carbons (Fsp3) is 0.419. The van der Waals surface area contributed by atoms with Gasteiger partial charge in [-0.2, -0.15) is 4.98 Å². The minimum absolute atomic E-state index is 0.0146. The van der Waals surface area contributed by atoms with Crippen LogP contribution in [-0.2, 0) is 21.5 Å². The molecule has 9 nitrogen and oxygen atoms in total. The van der Waals surface area contributed by atoms with E-state index in [1.54, 1.807) is 11.1 Å². The molecule has 1 aromatic heterocycles. The summed E-state index contributed by atoms with van der Waals surface area (Å²) in [5, 5.41) is 20.0. The van der Waals surface area contributed by atoms with Crippen molar-refractivity contribution < 1.29 is 14.7 Å². The maximum atomic E-state index is 12.5. The van der Waals surface area contributed by atoms with Crippen molar-refractivity contribution in [2.45, 2.75) is 70.9 Å². The zero-order valence-electron chi connectivity index (χ0n) is 24.1. The van der Waals surface area contributed by atoms with Crippen LogP contribution in [0.3, 0.4) is 0 Å². The highest BCUT2D eigenvalue weighted by Gasteiger charge is 2.40. The molecule has 0 unspecified atom stereocenters. The Morgan fingerprint density at radius 2 is 1.95 bits per heavy atom. The molecule has 1 saturated heterocycles. The van der Waals surface area contributed by atoms with Crippen LogP contribution in [0.4, 0.5) is 23.1 Å². The van der Waals surface area contributed by atoms with E-state index in [9.17, 15) is 14.7 Å². The molecular weight excluding hydrogens is 540 g/mol. The van der Waals surface area contributed by atoms with E-state index in [4.69, 9.17) is 11.6 Å². The van der Waals surface area contributed by atoms with E-state index in [0.29, 0.717) is 42.3 Å². The number of aryl methyl sites for hydroxylation is 1. The fourth-order valence-electron chi connectivity index (χ4n) is 5.72. The third-order valence-corrected chi connectivity index (χ3v) is 8.33. The van der Waals surface area contributed by atoms with Crippen molar-refractivity contribution in [1.29, 1.82) is 0 Å². The Kier molecular flexibility index (Phi) is 7.70. The molecule has 1 fully saturated rings. The number of nitrogens with zero attached hydrogens (tertiary/aromatic N) is 3. The van der Waals surface area contributed by atoms with Gasteiger partial charge in [-0.1, -0.05) is 35.9 Å². The van der Waals surface area contributed by atoms with Gasteiger partial charge in [0.05, 0.1) is 11.6 Å². The third-order valence-electron chi connectivity index (χ3n) is 8.06. The predicted octanol–water partition coefficient (Wildman–Crippen LogP) is 5.50. The molecule has 3 heterocycles. The first kappa shape index (κ1) is 28.8. The third kappa shape index (κ3) is 5.87. The average Bonchev–Trinajstić information content (AvgIpc) is 3.17. The summed E-state index contributed by atoms with van der Waals surface area (Å²) in [4.78, 5) is 35.6. The molecule has 0 radical (unpaired) electrons. The van der Waals surface area contributed by atoms with Crippen molar-refractivity contribution in [2.24, 2.45) is 0 Å². The lowest BCUT2D eigenvalue weighted by molar-refractivity contribution is -0.148. The number of nitrogens with one attached hydrogen (secondary N) is 3. The van der Waals surface area contributed by atoms with Crippen molar-refractivity contribution in [3.63, 3.8) is 0 Å². The van der Waals surface area contributed by atoms with Gasteiger partial charge < -0.3 is 26.0 Å². The van der Waals surface area contributed by atoms with Crippen LogP contribution < -0.4 is 16.0 Å². The molecule has 216 valence electrons. The van der Waals surface area contributed by atoms with Crippen LogP contribution in [0.5, 0.6) is 0 Å². The van der Waals surface area contributed by atoms with Crippen LogP contribution in [0.15, 0.2) is 42.6 Å². The van der Waals surface area contributed by atoms with Gasteiger partial charge >= 0.3 is 0 Å². The van der Waals surface area contributed by atoms with E-state index < -0.39 is 11.0 Å². The van der Waals surface area contributed by atoms with Gasteiger partial charge in [0, 0.05) is 31.0 Å². The summed E-state index contributed by atoms with van der Waals surface area (Å²) < 4.78 is 0. The SMILES string of the molecule is Cc1cc(C2CCN(C(=O)C(C)(C)O)CC2)ccc1Nc1ncc(Cl)c(NCc2cccc3c2C(C)(C)C(=O)N3)n1. The number of hydrogen-bond acceptors (Lipinski definition) is 7. The molecule has 4 N–H and O–H groups in total. The molecule has 2 amide bonds. The van der Waals surface area contributed by atoms with Gasteiger partial charge in [0.2, 0.25) is 11.9 Å².